The summed E-state index contributed by atoms with van der Waals surface area (Å²) < 4.78 is 40.0. The van der Waals surface area contributed by atoms with E-state index in [0.717, 1.165) is 12.1 Å². The highest BCUT2D eigenvalue weighted by atomic mass is 19.4. The van der Waals surface area contributed by atoms with Crippen molar-refractivity contribution in [2.75, 3.05) is 5.32 Å². The molecule has 11 heteroatoms. The second-order valence-corrected chi connectivity index (χ2v) is 6.46. The van der Waals surface area contributed by atoms with Gasteiger partial charge in [-0.2, -0.15) is 18.3 Å². The molecule has 0 unspecified atom stereocenters. The van der Waals surface area contributed by atoms with E-state index in [1.807, 2.05) is 0 Å². The molecule has 4 rings (SSSR count). The minimum absolute atomic E-state index is 0.0321. The normalized spacial score (nSPS) is 11.5. The number of hydrogen-bond donors (Lipinski definition) is 1. The second-order valence-electron chi connectivity index (χ2n) is 6.46. The molecule has 1 amide bonds. The van der Waals surface area contributed by atoms with Crippen LogP contribution >= 0.6 is 0 Å². The zero-order valence-electron chi connectivity index (χ0n) is 15.5. The van der Waals surface area contributed by atoms with Crippen LogP contribution in [0.5, 0.6) is 0 Å². The highest BCUT2D eigenvalue weighted by Gasteiger charge is 2.30. The van der Waals surface area contributed by atoms with Crippen molar-refractivity contribution >= 4 is 22.9 Å². The number of non-ortho nitro benzene ring substituents is 1. The number of carbonyl (C=O) groups is 1. The highest BCUT2D eigenvalue weighted by molar-refractivity contribution is 6.08. The van der Waals surface area contributed by atoms with Gasteiger partial charge in [0, 0.05) is 29.6 Å². The van der Waals surface area contributed by atoms with Crippen molar-refractivity contribution in [3.8, 4) is 11.3 Å². The molecule has 156 valence electrons. The van der Waals surface area contributed by atoms with Gasteiger partial charge >= 0.3 is 6.18 Å². The predicted octanol–water partition coefficient (Wildman–Crippen LogP) is 4.58. The van der Waals surface area contributed by atoms with Gasteiger partial charge in [-0.15, -0.1) is 0 Å². The number of amides is 1. The Morgan fingerprint density at radius 1 is 1.10 bits per heavy atom. The Morgan fingerprint density at radius 2 is 1.87 bits per heavy atom. The maximum Gasteiger partial charge on any atom is 0.416 e. The Morgan fingerprint density at radius 3 is 2.61 bits per heavy atom. The molecule has 0 saturated carbocycles. The standard InChI is InChI=1S/C20H12F3N5O3/c21-20(22,23)13-4-2-5-14(10-13)26-19(29)16-11-25-27-17(7-8-24-18(16)27)12-3-1-6-15(9-12)28(30)31/h1-11H,(H,26,29). The van der Waals surface area contributed by atoms with Crippen molar-refractivity contribution in [3.63, 3.8) is 0 Å². The molecule has 0 aliphatic carbocycles. The average molecular weight is 427 g/mol. The first-order valence-corrected chi connectivity index (χ1v) is 8.80. The summed E-state index contributed by atoms with van der Waals surface area (Å²) >= 11 is 0. The van der Waals surface area contributed by atoms with Crippen LogP contribution in [-0.2, 0) is 6.18 Å². The highest BCUT2D eigenvalue weighted by Crippen LogP contribution is 2.31. The van der Waals surface area contributed by atoms with Crippen molar-refractivity contribution in [2.45, 2.75) is 6.18 Å². The Hall–Kier alpha value is -4.28. The van der Waals surface area contributed by atoms with Gasteiger partial charge in [0.05, 0.1) is 22.4 Å². The maximum atomic E-state index is 12.9. The molecule has 1 N–H and O–H groups in total. The molecule has 0 radical (unpaired) electrons. The van der Waals surface area contributed by atoms with Crippen LogP contribution in [0.4, 0.5) is 24.5 Å². The van der Waals surface area contributed by atoms with Crippen LogP contribution in [0.15, 0.2) is 67.0 Å². The lowest BCUT2D eigenvalue weighted by atomic mass is 10.1. The zero-order valence-corrected chi connectivity index (χ0v) is 15.5. The number of aromatic nitrogens is 3. The van der Waals surface area contributed by atoms with Crippen LogP contribution in [0, 0.1) is 10.1 Å². The molecule has 2 heterocycles. The van der Waals surface area contributed by atoms with Crippen molar-refractivity contribution in [3.05, 3.63) is 88.2 Å². The van der Waals surface area contributed by atoms with E-state index in [1.54, 1.807) is 12.1 Å². The first kappa shape index (κ1) is 20.0. The smallest absolute Gasteiger partial charge is 0.322 e. The van der Waals surface area contributed by atoms with Crippen molar-refractivity contribution in [2.24, 2.45) is 0 Å². The molecule has 4 aromatic rings. The lowest BCUT2D eigenvalue weighted by Gasteiger charge is -2.09. The molecule has 2 aromatic heterocycles. The number of fused-ring (bicyclic) bond motifs is 1. The first-order valence-electron chi connectivity index (χ1n) is 8.80. The summed E-state index contributed by atoms with van der Waals surface area (Å²) in [5.74, 6) is -0.696. The molecule has 0 atom stereocenters. The van der Waals surface area contributed by atoms with E-state index in [0.29, 0.717) is 11.3 Å². The Balaban J connectivity index is 1.69. The van der Waals surface area contributed by atoms with Crippen LogP contribution in [0.25, 0.3) is 16.9 Å². The van der Waals surface area contributed by atoms with Gasteiger partial charge in [0.25, 0.3) is 11.6 Å². The summed E-state index contributed by atoms with van der Waals surface area (Å²) in [4.78, 5) is 27.3. The summed E-state index contributed by atoms with van der Waals surface area (Å²) in [6.07, 6.45) is -1.90. The number of nitrogens with one attached hydrogen (secondary N) is 1. The number of benzene rings is 2. The average Bonchev–Trinajstić information content (AvgIpc) is 3.18. The van der Waals surface area contributed by atoms with Gasteiger partial charge in [-0.3, -0.25) is 14.9 Å². The van der Waals surface area contributed by atoms with Gasteiger partial charge < -0.3 is 5.32 Å². The molecule has 0 spiro atoms. The Labute approximate surface area is 172 Å². The third kappa shape index (κ3) is 3.92. The van der Waals surface area contributed by atoms with Crippen LogP contribution < -0.4 is 5.32 Å². The number of nitro benzene ring substituents is 1. The molecule has 0 aliphatic rings. The molecule has 0 bridgehead atoms. The van der Waals surface area contributed by atoms with Crippen LogP contribution in [0.2, 0.25) is 0 Å². The summed E-state index contributed by atoms with van der Waals surface area (Å²) in [6.45, 7) is 0. The summed E-state index contributed by atoms with van der Waals surface area (Å²) in [5.41, 5.74) is 0.0712. The van der Waals surface area contributed by atoms with Crippen molar-refractivity contribution in [1.29, 1.82) is 0 Å². The number of nitro groups is 1. The number of hydrogen-bond acceptors (Lipinski definition) is 5. The van der Waals surface area contributed by atoms with Gasteiger partial charge in [-0.1, -0.05) is 18.2 Å². The fourth-order valence-corrected chi connectivity index (χ4v) is 3.02. The molecular weight excluding hydrogens is 415 g/mol. The van der Waals surface area contributed by atoms with Gasteiger partial charge in [-0.25, -0.2) is 9.50 Å². The fraction of sp³-hybridized carbons (Fsp3) is 0.0500. The minimum Gasteiger partial charge on any atom is -0.322 e. The molecule has 0 fully saturated rings. The lowest BCUT2D eigenvalue weighted by molar-refractivity contribution is -0.384. The molecule has 31 heavy (non-hydrogen) atoms. The topological polar surface area (TPSA) is 102 Å². The minimum atomic E-state index is -4.54. The van der Waals surface area contributed by atoms with Gasteiger partial charge in [-0.05, 0) is 24.3 Å². The quantitative estimate of drug-likeness (QED) is 0.380. The molecule has 2 aromatic carbocycles. The predicted molar refractivity (Wildman–Crippen MR) is 104 cm³/mol. The van der Waals surface area contributed by atoms with E-state index in [2.05, 4.69) is 15.4 Å². The van der Waals surface area contributed by atoms with Crippen LogP contribution in [0.3, 0.4) is 0 Å². The molecule has 0 saturated heterocycles. The van der Waals surface area contributed by atoms with E-state index in [1.165, 1.54) is 47.2 Å². The third-order valence-corrected chi connectivity index (χ3v) is 4.45. The van der Waals surface area contributed by atoms with E-state index < -0.39 is 22.6 Å². The molecule has 0 aliphatic heterocycles. The van der Waals surface area contributed by atoms with Gasteiger partial charge in [0.15, 0.2) is 5.65 Å². The molecule has 8 nitrogen and oxygen atoms in total. The SMILES string of the molecule is O=C(Nc1cccc(C(F)(F)F)c1)c1cnn2c(-c3cccc([N+](=O)[O-])c3)ccnc12. The fourth-order valence-electron chi connectivity index (χ4n) is 3.02. The Kier molecular flexibility index (Phi) is 4.85. The van der Waals surface area contributed by atoms with Crippen LogP contribution in [-0.4, -0.2) is 25.4 Å². The number of halogens is 3. The van der Waals surface area contributed by atoms with Crippen molar-refractivity contribution in [1.82, 2.24) is 14.6 Å². The van der Waals surface area contributed by atoms with Crippen molar-refractivity contribution < 1.29 is 22.9 Å². The van der Waals surface area contributed by atoms with Gasteiger partial charge in [0.1, 0.15) is 5.56 Å². The zero-order chi connectivity index (χ0) is 22.2. The number of anilines is 1. The Bertz CT molecular complexity index is 1320. The number of rotatable bonds is 4. The maximum absolute atomic E-state index is 12.9. The monoisotopic (exact) mass is 427 g/mol. The van der Waals surface area contributed by atoms with Crippen LogP contribution in [0.1, 0.15) is 15.9 Å². The second kappa shape index (κ2) is 7.52. The number of alkyl halides is 3. The lowest BCUT2D eigenvalue weighted by Crippen LogP contribution is -2.13. The summed E-state index contributed by atoms with van der Waals surface area (Å²) in [7, 11) is 0. The number of carbonyl (C=O) groups excluding carboxylic acids is 1. The first-order chi connectivity index (χ1) is 14.7. The van der Waals surface area contributed by atoms with E-state index >= 15 is 0 Å². The molecular formula is C20H12F3N5O3. The third-order valence-electron chi connectivity index (χ3n) is 4.45. The summed E-state index contributed by atoms with van der Waals surface area (Å²) in [5, 5.41) is 17.6. The van der Waals surface area contributed by atoms with Gasteiger partial charge in [0.2, 0.25) is 0 Å². The van der Waals surface area contributed by atoms with E-state index in [4.69, 9.17) is 0 Å². The largest absolute Gasteiger partial charge is 0.416 e. The number of nitrogens with zero attached hydrogens (tertiary/aromatic N) is 4. The van der Waals surface area contributed by atoms with E-state index in [-0.39, 0.29) is 22.6 Å². The van der Waals surface area contributed by atoms with E-state index in [9.17, 15) is 28.1 Å². The summed E-state index contributed by atoms with van der Waals surface area (Å²) in [6, 6.07) is 11.7.